The molecule has 1 heterocycles. The van der Waals surface area contributed by atoms with E-state index in [1.165, 1.54) is 0 Å². The molecule has 0 aliphatic carbocycles. The zero-order chi connectivity index (χ0) is 11.5. The van der Waals surface area contributed by atoms with Crippen LogP contribution >= 0.6 is 11.6 Å². The number of likely N-dealkylation sites (tertiary alicyclic amines) is 1. The Morgan fingerprint density at radius 3 is 2.75 bits per heavy atom. The van der Waals surface area contributed by atoms with Gasteiger partial charge in [0, 0.05) is 23.8 Å². The molecule has 1 aromatic carbocycles. The molecule has 1 N–H and O–H groups in total. The van der Waals surface area contributed by atoms with Gasteiger partial charge in [0.1, 0.15) is 0 Å². The average Bonchev–Trinajstić information content (AvgIpc) is 2.76. The van der Waals surface area contributed by atoms with Crippen molar-refractivity contribution in [1.82, 2.24) is 4.90 Å². The fraction of sp³-hybridized carbons (Fsp3) is 0.417. The smallest absolute Gasteiger partial charge is 0.321 e. The molecule has 16 heavy (non-hydrogen) atoms. The van der Waals surface area contributed by atoms with E-state index in [0.717, 1.165) is 37.2 Å². The van der Waals surface area contributed by atoms with Gasteiger partial charge in [-0.2, -0.15) is 0 Å². The van der Waals surface area contributed by atoms with Crippen molar-refractivity contribution >= 4 is 23.3 Å². The lowest BCUT2D eigenvalue weighted by Gasteiger charge is -2.17. The summed E-state index contributed by atoms with van der Waals surface area (Å²) in [5.74, 6) is 0. The number of carbonyl (C=O) groups is 1. The third kappa shape index (κ3) is 2.47. The molecular formula is C12H15ClN2O. The predicted octanol–water partition coefficient (Wildman–Crippen LogP) is 3.28. The number of carbonyl (C=O) groups excluding carboxylic acids is 1. The SMILES string of the molecule is Cc1ccc(Cl)cc1NC(=O)N1CCCC1. The zero-order valence-corrected chi connectivity index (χ0v) is 10.0. The maximum absolute atomic E-state index is 11.8. The van der Waals surface area contributed by atoms with Crippen molar-refractivity contribution in [3.63, 3.8) is 0 Å². The van der Waals surface area contributed by atoms with E-state index in [-0.39, 0.29) is 6.03 Å². The molecule has 86 valence electrons. The van der Waals surface area contributed by atoms with Gasteiger partial charge in [-0.25, -0.2) is 4.79 Å². The van der Waals surface area contributed by atoms with Crippen LogP contribution in [0.15, 0.2) is 18.2 Å². The molecule has 1 fully saturated rings. The van der Waals surface area contributed by atoms with E-state index in [4.69, 9.17) is 11.6 Å². The number of halogens is 1. The molecule has 1 aromatic rings. The van der Waals surface area contributed by atoms with Crippen LogP contribution in [-0.4, -0.2) is 24.0 Å². The van der Waals surface area contributed by atoms with Gasteiger partial charge in [0.25, 0.3) is 0 Å². The van der Waals surface area contributed by atoms with Gasteiger partial charge in [-0.1, -0.05) is 17.7 Å². The molecule has 1 saturated heterocycles. The number of rotatable bonds is 1. The molecule has 0 saturated carbocycles. The van der Waals surface area contributed by atoms with E-state index in [2.05, 4.69) is 5.32 Å². The van der Waals surface area contributed by atoms with Crippen LogP contribution in [0.5, 0.6) is 0 Å². The highest BCUT2D eigenvalue weighted by molar-refractivity contribution is 6.31. The molecule has 2 rings (SSSR count). The third-order valence-corrected chi connectivity index (χ3v) is 3.07. The molecule has 0 radical (unpaired) electrons. The molecule has 1 aliphatic heterocycles. The number of aryl methyl sites for hydroxylation is 1. The number of benzene rings is 1. The summed E-state index contributed by atoms with van der Waals surface area (Å²) in [6.45, 7) is 3.66. The minimum Gasteiger partial charge on any atom is -0.325 e. The van der Waals surface area contributed by atoms with Crippen molar-refractivity contribution < 1.29 is 4.79 Å². The van der Waals surface area contributed by atoms with Gasteiger partial charge in [-0.05, 0) is 37.5 Å². The number of amides is 2. The summed E-state index contributed by atoms with van der Waals surface area (Å²) >= 11 is 5.90. The van der Waals surface area contributed by atoms with Crippen LogP contribution < -0.4 is 5.32 Å². The molecule has 4 heteroatoms. The van der Waals surface area contributed by atoms with Gasteiger partial charge >= 0.3 is 6.03 Å². The Hall–Kier alpha value is -1.22. The Labute approximate surface area is 100 Å². The van der Waals surface area contributed by atoms with Gasteiger partial charge in [-0.3, -0.25) is 0 Å². The number of hydrogen-bond acceptors (Lipinski definition) is 1. The first-order valence-corrected chi connectivity index (χ1v) is 5.87. The van der Waals surface area contributed by atoms with E-state index in [1.54, 1.807) is 6.07 Å². The number of nitrogens with zero attached hydrogens (tertiary/aromatic N) is 1. The van der Waals surface area contributed by atoms with Gasteiger partial charge < -0.3 is 10.2 Å². The summed E-state index contributed by atoms with van der Waals surface area (Å²) in [7, 11) is 0. The van der Waals surface area contributed by atoms with Gasteiger partial charge in [0.05, 0.1) is 0 Å². The quantitative estimate of drug-likeness (QED) is 0.800. The fourth-order valence-corrected chi connectivity index (χ4v) is 2.02. The second kappa shape index (κ2) is 4.74. The first-order chi connectivity index (χ1) is 7.66. The molecule has 0 aromatic heterocycles. The Kier molecular flexibility index (Phi) is 3.34. The first kappa shape index (κ1) is 11.3. The van der Waals surface area contributed by atoms with E-state index >= 15 is 0 Å². The van der Waals surface area contributed by atoms with Crippen LogP contribution in [0.1, 0.15) is 18.4 Å². The summed E-state index contributed by atoms with van der Waals surface area (Å²) < 4.78 is 0. The lowest BCUT2D eigenvalue weighted by Crippen LogP contribution is -2.32. The van der Waals surface area contributed by atoms with Crippen molar-refractivity contribution in [2.24, 2.45) is 0 Å². The Bertz CT molecular complexity index is 400. The van der Waals surface area contributed by atoms with E-state index < -0.39 is 0 Å². The summed E-state index contributed by atoms with van der Waals surface area (Å²) in [5.41, 5.74) is 1.82. The van der Waals surface area contributed by atoms with Gasteiger partial charge in [0.15, 0.2) is 0 Å². The Balaban J connectivity index is 2.07. The van der Waals surface area contributed by atoms with Crippen molar-refractivity contribution in [2.45, 2.75) is 19.8 Å². The van der Waals surface area contributed by atoms with Gasteiger partial charge in [-0.15, -0.1) is 0 Å². The molecule has 0 bridgehead atoms. The molecule has 0 atom stereocenters. The maximum Gasteiger partial charge on any atom is 0.321 e. The zero-order valence-electron chi connectivity index (χ0n) is 9.29. The predicted molar refractivity (Wildman–Crippen MR) is 66.0 cm³/mol. The van der Waals surface area contributed by atoms with Crippen molar-refractivity contribution in [2.75, 3.05) is 18.4 Å². The highest BCUT2D eigenvalue weighted by atomic mass is 35.5. The number of anilines is 1. The van der Waals surface area contributed by atoms with Crippen molar-refractivity contribution in [3.8, 4) is 0 Å². The molecule has 0 unspecified atom stereocenters. The Morgan fingerprint density at radius 1 is 1.38 bits per heavy atom. The highest BCUT2D eigenvalue weighted by Crippen LogP contribution is 2.21. The lowest BCUT2D eigenvalue weighted by atomic mass is 10.2. The number of hydrogen-bond donors (Lipinski definition) is 1. The van der Waals surface area contributed by atoms with E-state index in [1.807, 2.05) is 24.0 Å². The third-order valence-electron chi connectivity index (χ3n) is 2.83. The topological polar surface area (TPSA) is 32.3 Å². The van der Waals surface area contributed by atoms with Crippen molar-refractivity contribution in [1.29, 1.82) is 0 Å². The molecule has 3 nitrogen and oxygen atoms in total. The minimum absolute atomic E-state index is 0.0251. The van der Waals surface area contributed by atoms with Crippen LogP contribution in [0, 0.1) is 6.92 Å². The Morgan fingerprint density at radius 2 is 2.06 bits per heavy atom. The summed E-state index contributed by atoms with van der Waals surface area (Å²) in [5, 5.41) is 3.54. The van der Waals surface area contributed by atoms with Gasteiger partial charge in [0.2, 0.25) is 0 Å². The number of nitrogens with one attached hydrogen (secondary N) is 1. The standard InChI is InChI=1S/C12H15ClN2O/c1-9-4-5-10(13)8-11(9)14-12(16)15-6-2-3-7-15/h4-5,8H,2-3,6-7H2,1H3,(H,14,16). The second-order valence-electron chi connectivity index (χ2n) is 4.08. The lowest BCUT2D eigenvalue weighted by molar-refractivity contribution is 0.222. The summed E-state index contributed by atoms with van der Waals surface area (Å²) in [4.78, 5) is 13.7. The monoisotopic (exact) mass is 238 g/mol. The van der Waals surface area contributed by atoms with Crippen LogP contribution in [0.4, 0.5) is 10.5 Å². The number of urea groups is 1. The van der Waals surface area contributed by atoms with Crippen LogP contribution in [0.2, 0.25) is 5.02 Å². The summed E-state index contributed by atoms with van der Waals surface area (Å²) in [6.07, 6.45) is 2.20. The second-order valence-corrected chi connectivity index (χ2v) is 4.52. The van der Waals surface area contributed by atoms with Crippen LogP contribution in [-0.2, 0) is 0 Å². The van der Waals surface area contributed by atoms with Crippen LogP contribution in [0.3, 0.4) is 0 Å². The largest absolute Gasteiger partial charge is 0.325 e. The first-order valence-electron chi connectivity index (χ1n) is 5.49. The fourth-order valence-electron chi connectivity index (χ4n) is 1.84. The molecule has 2 amide bonds. The minimum atomic E-state index is -0.0251. The average molecular weight is 239 g/mol. The highest BCUT2D eigenvalue weighted by Gasteiger charge is 2.18. The molecular weight excluding hydrogens is 224 g/mol. The van der Waals surface area contributed by atoms with Crippen molar-refractivity contribution in [3.05, 3.63) is 28.8 Å². The van der Waals surface area contributed by atoms with E-state index in [0.29, 0.717) is 5.02 Å². The molecule has 0 spiro atoms. The summed E-state index contributed by atoms with van der Waals surface area (Å²) in [6, 6.07) is 5.48. The maximum atomic E-state index is 11.8. The normalized spacial score (nSPS) is 15.2. The van der Waals surface area contributed by atoms with E-state index in [9.17, 15) is 4.79 Å². The van der Waals surface area contributed by atoms with Crippen LogP contribution in [0.25, 0.3) is 0 Å². The molecule has 1 aliphatic rings.